The molecule has 1 aromatic rings. The Labute approximate surface area is 107 Å². The topological polar surface area (TPSA) is 46.3 Å². The molecule has 0 bridgehead atoms. The number of hydrogen-bond donors (Lipinski definition) is 1. The number of amides is 1. The van der Waals surface area contributed by atoms with Gasteiger partial charge in [0.2, 0.25) is 0 Å². The number of nitrogens with zero attached hydrogens (tertiary/aromatic N) is 1. The third-order valence-corrected chi connectivity index (χ3v) is 3.54. The van der Waals surface area contributed by atoms with Crippen LogP contribution in [0.2, 0.25) is 0 Å². The van der Waals surface area contributed by atoms with Gasteiger partial charge < -0.3 is 10.6 Å². The monoisotopic (exact) mass is 248 g/mol. The maximum absolute atomic E-state index is 12.1. The molecule has 4 heteroatoms. The van der Waals surface area contributed by atoms with Gasteiger partial charge in [-0.1, -0.05) is 30.4 Å². The van der Waals surface area contributed by atoms with Crippen molar-refractivity contribution in [2.45, 2.75) is 12.8 Å². The molecule has 1 amide bonds. The smallest absolute Gasteiger partial charge is 0.253 e. The van der Waals surface area contributed by atoms with Crippen LogP contribution in [0.1, 0.15) is 23.2 Å². The highest BCUT2D eigenvalue weighted by atomic mass is 32.1. The first-order valence-corrected chi connectivity index (χ1v) is 6.23. The molecule has 1 aromatic carbocycles. The Bertz CT molecular complexity index is 411. The minimum atomic E-state index is 0.104. The Morgan fingerprint density at radius 2 is 1.82 bits per heavy atom. The summed E-state index contributed by atoms with van der Waals surface area (Å²) in [5.74, 6) is 0.400. The number of benzene rings is 1. The number of carbonyl (C=O) groups excluding carboxylic acids is 1. The maximum Gasteiger partial charge on any atom is 0.253 e. The number of carbonyl (C=O) groups is 1. The van der Waals surface area contributed by atoms with E-state index in [1.165, 1.54) is 0 Å². The molecule has 0 aromatic heterocycles. The van der Waals surface area contributed by atoms with Crippen molar-refractivity contribution in [2.24, 2.45) is 11.7 Å². The Balaban J connectivity index is 1.98. The van der Waals surface area contributed by atoms with Crippen LogP contribution in [-0.4, -0.2) is 28.9 Å². The molecular formula is C13H16N2OS. The van der Waals surface area contributed by atoms with E-state index in [4.69, 9.17) is 18.0 Å². The third kappa shape index (κ3) is 2.82. The summed E-state index contributed by atoms with van der Waals surface area (Å²) in [5.41, 5.74) is 6.38. The molecule has 3 nitrogen and oxygen atoms in total. The summed E-state index contributed by atoms with van der Waals surface area (Å²) in [4.78, 5) is 14.6. The van der Waals surface area contributed by atoms with Gasteiger partial charge >= 0.3 is 0 Å². The van der Waals surface area contributed by atoms with Gasteiger partial charge in [0.05, 0.1) is 4.99 Å². The molecule has 1 heterocycles. The second-order valence-electron chi connectivity index (χ2n) is 4.33. The molecule has 0 atom stereocenters. The van der Waals surface area contributed by atoms with Gasteiger partial charge in [-0.05, 0) is 25.0 Å². The number of thiocarbonyl (C=S) groups is 1. The number of likely N-dealkylation sites (tertiary alicyclic amines) is 1. The molecule has 1 saturated heterocycles. The number of hydrogen-bond acceptors (Lipinski definition) is 2. The Morgan fingerprint density at radius 3 is 2.35 bits per heavy atom. The number of piperidine rings is 1. The zero-order chi connectivity index (χ0) is 12.3. The quantitative estimate of drug-likeness (QED) is 0.812. The van der Waals surface area contributed by atoms with Crippen molar-refractivity contribution in [1.82, 2.24) is 4.90 Å². The second kappa shape index (κ2) is 5.27. The lowest BCUT2D eigenvalue weighted by Crippen LogP contribution is -2.41. The Kier molecular flexibility index (Phi) is 3.74. The minimum Gasteiger partial charge on any atom is -0.393 e. The fraction of sp³-hybridized carbons (Fsp3) is 0.385. The summed E-state index contributed by atoms with van der Waals surface area (Å²) in [6.07, 6.45) is 1.77. The number of nitrogens with two attached hydrogens (primary N) is 1. The van der Waals surface area contributed by atoms with Crippen molar-refractivity contribution in [3.63, 3.8) is 0 Å². The van der Waals surface area contributed by atoms with Crippen molar-refractivity contribution in [3.8, 4) is 0 Å². The van der Waals surface area contributed by atoms with Gasteiger partial charge in [0.1, 0.15) is 0 Å². The second-order valence-corrected chi connectivity index (χ2v) is 4.81. The summed E-state index contributed by atoms with van der Waals surface area (Å²) in [6.45, 7) is 1.49. The van der Waals surface area contributed by atoms with Crippen molar-refractivity contribution in [3.05, 3.63) is 35.9 Å². The van der Waals surface area contributed by atoms with E-state index in [-0.39, 0.29) is 5.91 Å². The van der Waals surface area contributed by atoms with Gasteiger partial charge in [0, 0.05) is 24.6 Å². The standard InChI is InChI=1S/C13H16N2OS/c14-12(17)10-6-8-15(9-7-10)13(16)11-4-2-1-3-5-11/h1-5,10H,6-9H2,(H2,14,17). The lowest BCUT2D eigenvalue weighted by molar-refractivity contribution is 0.0710. The average Bonchev–Trinajstić information content (AvgIpc) is 2.39. The first kappa shape index (κ1) is 12.0. The molecule has 1 aliphatic heterocycles. The Hall–Kier alpha value is -1.42. The lowest BCUT2D eigenvalue weighted by Gasteiger charge is -2.31. The van der Waals surface area contributed by atoms with Crippen molar-refractivity contribution < 1.29 is 4.79 Å². The van der Waals surface area contributed by atoms with Crippen LogP contribution in [0.4, 0.5) is 0 Å². The molecular weight excluding hydrogens is 232 g/mol. The van der Waals surface area contributed by atoms with Crippen molar-refractivity contribution >= 4 is 23.1 Å². The predicted octanol–water partition coefficient (Wildman–Crippen LogP) is 1.82. The summed E-state index contributed by atoms with van der Waals surface area (Å²) >= 11 is 4.99. The Morgan fingerprint density at radius 1 is 1.24 bits per heavy atom. The van der Waals surface area contributed by atoms with Crippen LogP contribution in [0.3, 0.4) is 0 Å². The summed E-state index contributed by atoms with van der Waals surface area (Å²) < 4.78 is 0. The van der Waals surface area contributed by atoms with Gasteiger partial charge in [-0.25, -0.2) is 0 Å². The van der Waals surface area contributed by atoms with Crippen LogP contribution < -0.4 is 5.73 Å². The van der Waals surface area contributed by atoms with E-state index < -0.39 is 0 Å². The molecule has 1 aliphatic rings. The normalized spacial score (nSPS) is 16.8. The zero-order valence-electron chi connectivity index (χ0n) is 9.63. The van der Waals surface area contributed by atoms with Gasteiger partial charge in [-0.2, -0.15) is 0 Å². The van der Waals surface area contributed by atoms with Crippen LogP contribution in [0, 0.1) is 5.92 Å². The summed E-state index contributed by atoms with van der Waals surface area (Å²) in [7, 11) is 0. The molecule has 2 rings (SSSR count). The number of rotatable bonds is 2. The van der Waals surface area contributed by atoms with E-state index in [2.05, 4.69) is 0 Å². The molecule has 2 N–H and O–H groups in total. The predicted molar refractivity (Wildman–Crippen MR) is 71.9 cm³/mol. The summed E-state index contributed by atoms with van der Waals surface area (Å²) in [6, 6.07) is 9.38. The molecule has 90 valence electrons. The SMILES string of the molecule is NC(=S)C1CCN(C(=O)c2ccccc2)CC1. The van der Waals surface area contributed by atoms with Gasteiger partial charge in [-0.15, -0.1) is 0 Å². The molecule has 17 heavy (non-hydrogen) atoms. The fourth-order valence-corrected chi connectivity index (χ4v) is 2.37. The molecule has 0 aliphatic carbocycles. The highest BCUT2D eigenvalue weighted by molar-refractivity contribution is 7.80. The van der Waals surface area contributed by atoms with Crippen LogP contribution >= 0.6 is 12.2 Å². The van der Waals surface area contributed by atoms with Crippen LogP contribution in [0.15, 0.2) is 30.3 Å². The molecule has 0 spiro atoms. The van der Waals surface area contributed by atoms with E-state index in [1.807, 2.05) is 35.2 Å². The summed E-state index contributed by atoms with van der Waals surface area (Å²) in [5, 5.41) is 0. The van der Waals surface area contributed by atoms with Gasteiger partial charge in [0.15, 0.2) is 0 Å². The van der Waals surface area contributed by atoms with E-state index in [0.29, 0.717) is 10.9 Å². The highest BCUT2D eigenvalue weighted by Crippen LogP contribution is 2.19. The third-order valence-electron chi connectivity index (χ3n) is 3.21. The molecule has 0 unspecified atom stereocenters. The van der Waals surface area contributed by atoms with Crippen LogP contribution in [0.5, 0.6) is 0 Å². The first-order valence-electron chi connectivity index (χ1n) is 5.82. The highest BCUT2D eigenvalue weighted by Gasteiger charge is 2.24. The van der Waals surface area contributed by atoms with E-state index in [9.17, 15) is 4.79 Å². The fourth-order valence-electron chi connectivity index (χ4n) is 2.13. The van der Waals surface area contributed by atoms with Crippen LogP contribution in [-0.2, 0) is 0 Å². The van der Waals surface area contributed by atoms with Crippen molar-refractivity contribution in [2.75, 3.05) is 13.1 Å². The molecule has 1 fully saturated rings. The van der Waals surface area contributed by atoms with Gasteiger partial charge in [-0.3, -0.25) is 4.79 Å². The van der Waals surface area contributed by atoms with Crippen molar-refractivity contribution in [1.29, 1.82) is 0 Å². The van der Waals surface area contributed by atoms with E-state index in [0.717, 1.165) is 31.5 Å². The maximum atomic E-state index is 12.1. The zero-order valence-corrected chi connectivity index (χ0v) is 10.5. The lowest BCUT2D eigenvalue weighted by atomic mass is 9.96. The first-order chi connectivity index (χ1) is 8.18. The molecule has 0 saturated carbocycles. The largest absolute Gasteiger partial charge is 0.393 e. The van der Waals surface area contributed by atoms with E-state index in [1.54, 1.807) is 0 Å². The minimum absolute atomic E-state index is 0.104. The van der Waals surface area contributed by atoms with E-state index >= 15 is 0 Å². The van der Waals surface area contributed by atoms with Crippen LogP contribution in [0.25, 0.3) is 0 Å². The van der Waals surface area contributed by atoms with Gasteiger partial charge in [0.25, 0.3) is 5.91 Å². The average molecular weight is 248 g/mol. The molecule has 0 radical (unpaired) electrons.